The maximum atomic E-state index is 5.05. The second kappa shape index (κ2) is 7.04. The Bertz CT molecular complexity index is 70.9. The molecule has 0 fully saturated rings. The molecular weight excluding hydrogens is 164 g/mol. The number of unbranched alkanes of at least 4 members (excludes halogenated alkanes) is 3. The zero-order chi connectivity index (χ0) is 6.24. The van der Waals surface area contributed by atoms with Crippen LogP contribution in [0.5, 0.6) is 0 Å². The van der Waals surface area contributed by atoms with Crippen molar-refractivity contribution < 1.29 is 0 Å². The molecule has 0 heterocycles. The summed E-state index contributed by atoms with van der Waals surface area (Å²) < 4.78 is 0. The smallest absolute Gasteiger partial charge is 0.00860 e. The lowest BCUT2D eigenvalue weighted by Gasteiger charge is -1.89. The SMILES string of the molecule is C#CCCCCCBr. The fraction of sp³-hybridized carbons (Fsp3) is 0.714. The van der Waals surface area contributed by atoms with Gasteiger partial charge in [0, 0.05) is 11.8 Å². The third-order valence-corrected chi connectivity index (χ3v) is 1.52. The van der Waals surface area contributed by atoms with Crippen LogP contribution in [0.25, 0.3) is 0 Å². The summed E-state index contributed by atoms with van der Waals surface area (Å²) in [5.74, 6) is 2.61. The number of terminal acetylenes is 1. The van der Waals surface area contributed by atoms with Crippen LogP contribution in [0.1, 0.15) is 25.7 Å². The number of alkyl halides is 1. The van der Waals surface area contributed by atoms with Crippen molar-refractivity contribution in [1.82, 2.24) is 0 Å². The van der Waals surface area contributed by atoms with Gasteiger partial charge < -0.3 is 0 Å². The summed E-state index contributed by atoms with van der Waals surface area (Å²) >= 11 is 3.35. The van der Waals surface area contributed by atoms with Crippen molar-refractivity contribution in [2.75, 3.05) is 5.33 Å². The van der Waals surface area contributed by atoms with Gasteiger partial charge in [-0.2, -0.15) is 0 Å². The molecule has 0 aromatic carbocycles. The molecule has 0 saturated carbocycles. The van der Waals surface area contributed by atoms with Gasteiger partial charge in [-0.05, 0) is 12.8 Å². The standard InChI is InChI=1S/C7H11Br/c1-2-3-4-5-6-7-8/h1H,3-7H2. The maximum absolute atomic E-state index is 5.05. The van der Waals surface area contributed by atoms with Crippen molar-refractivity contribution >= 4 is 15.9 Å². The Morgan fingerprint density at radius 2 is 2.00 bits per heavy atom. The predicted octanol–water partition coefficient (Wildman–Crippen LogP) is 2.57. The second-order valence-electron chi connectivity index (χ2n) is 1.70. The van der Waals surface area contributed by atoms with E-state index in [-0.39, 0.29) is 0 Å². The van der Waals surface area contributed by atoms with E-state index in [2.05, 4.69) is 21.9 Å². The molecule has 0 saturated heterocycles. The first-order chi connectivity index (χ1) is 3.91. The highest BCUT2D eigenvalue weighted by atomic mass is 79.9. The number of hydrogen-bond donors (Lipinski definition) is 0. The predicted molar refractivity (Wildman–Crippen MR) is 41.1 cm³/mol. The molecule has 0 bridgehead atoms. The van der Waals surface area contributed by atoms with Crippen LogP contribution in [-0.2, 0) is 0 Å². The monoisotopic (exact) mass is 174 g/mol. The molecule has 0 aromatic rings. The molecule has 46 valence electrons. The van der Waals surface area contributed by atoms with E-state index in [1.807, 2.05) is 0 Å². The van der Waals surface area contributed by atoms with Gasteiger partial charge in [0.2, 0.25) is 0 Å². The highest BCUT2D eigenvalue weighted by Crippen LogP contribution is 1.99. The molecule has 0 aliphatic heterocycles. The fourth-order valence-electron chi connectivity index (χ4n) is 0.498. The molecule has 0 atom stereocenters. The molecule has 8 heavy (non-hydrogen) atoms. The van der Waals surface area contributed by atoms with E-state index in [0.29, 0.717) is 0 Å². The molecule has 0 unspecified atom stereocenters. The molecule has 0 aliphatic carbocycles. The van der Waals surface area contributed by atoms with Crippen LogP contribution in [-0.4, -0.2) is 5.33 Å². The minimum atomic E-state index is 0.938. The number of hydrogen-bond acceptors (Lipinski definition) is 0. The molecule has 0 amide bonds. The van der Waals surface area contributed by atoms with Crippen molar-refractivity contribution in [2.24, 2.45) is 0 Å². The van der Waals surface area contributed by atoms with Crippen LogP contribution in [0, 0.1) is 12.3 Å². The average Bonchev–Trinajstić information content (AvgIpc) is 1.81. The van der Waals surface area contributed by atoms with Crippen molar-refractivity contribution in [3.63, 3.8) is 0 Å². The van der Waals surface area contributed by atoms with Crippen LogP contribution in [0.2, 0.25) is 0 Å². The summed E-state index contributed by atoms with van der Waals surface area (Å²) in [5, 5.41) is 1.11. The highest BCUT2D eigenvalue weighted by Gasteiger charge is 1.82. The number of rotatable bonds is 4. The van der Waals surface area contributed by atoms with E-state index in [1.165, 1.54) is 19.3 Å². The normalized spacial score (nSPS) is 8.50. The quantitative estimate of drug-likeness (QED) is 0.350. The first-order valence-corrected chi connectivity index (χ1v) is 4.03. The molecular formula is C7H11Br. The Kier molecular flexibility index (Phi) is 7.08. The Labute approximate surface area is 59.8 Å². The number of halogens is 1. The van der Waals surface area contributed by atoms with Gasteiger partial charge in [0.15, 0.2) is 0 Å². The first-order valence-electron chi connectivity index (χ1n) is 2.91. The Balaban J connectivity index is 2.65. The van der Waals surface area contributed by atoms with E-state index in [9.17, 15) is 0 Å². The van der Waals surface area contributed by atoms with Gasteiger partial charge >= 0.3 is 0 Å². The van der Waals surface area contributed by atoms with Gasteiger partial charge in [0.25, 0.3) is 0 Å². The van der Waals surface area contributed by atoms with E-state index >= 15 is 0 Å². The van der Waals surface area contributed by atoms with Crippen molar-refractivity contribution in [3.05, 3.63) is 0 Å². The summed E-state index contributed by atoms with van der Waals surface area (Å²) in [6, 6.07) is 0. The Morgan fingerprint density at radius 3 is 2.50 bits per heavy atom. The minimum absolute atomic E-state index is 0.938. The molecule has 0 spiro atoms. The topological polar surface area (TPSA) is 0 Å². The summed E-state index contributed by atoms with van der Waals surface area (Å²) in [5.41, 5.74) is 0. The first kappa shape index (κ1) is 8.04. The highest BCUT2D eigenvalue weighted by molar-refractivity contribution is 9.09. The second-order valence-corrected chi connectivity index (χ2v) is 2.50. The van der Waals surface area contributed by atoms with Gasteiger partial charge in [-0.1, -0.05) is 22.4 Å². The van der Waals surface area contributed by atoms with E-state index in [4.69, 9.17) is 6.42 Å². The van der Waals surface area contributed by atoms with Crippen molar-refractivity contribution in [3.8, 4) is 12.3 Å². The van der Waals surface area contributed by atoms with Crippen LogP contribution >= 0.6 is 15.9 Å². The Morgan fingerprint density at radius 1 is 1.25 bits per heavy atom. The molecule has 1 heteroatoms. The maximum Gasteiger partial charge on any atom is 0.00860 e. The third-order valence-electron chi connectivity index (χ3n) is 0.955. The summed E-state index contributed by atoms with van der Waals surface area (Å²) in [6.07, 6.45) is 9.68. The van der Waals surface area contributed by atoms with Gasteiger partial charge in [0.05, 0.1) is 0 Å². The molecule has 0 aromatic heterocycles. The van der Waals surface area contributed by atoms with E-state index < -0.39 is 0 Å². The molecule has 0 radical (unpaired) electrons. The average molecular weight is 175 g/mol. The van der Waals surface area contributed by atoms with Gasteiger partial charge in [0.1, 0.15) is 0 Å². The minimum Gasteiger partial charge on any atom is -0.120 e. The lowest BCUT2D eigenvalue weighted by Crippen LogP contribution is -1.75. The largest absolute Gasteiger partial charge is 0.120 e. The zero-order valence-electron chi connectivity index (χ0n) is 4.99. The van der Waals surface area contributed by atoms with Crippen LogP contribution in [0.3, 0.4) is 0 Å². The Hall–Kier alpha value is 0.0400. The molecule has 0 aliphatic rings. The van der Waals surface area contributed by atoms with Crippen LogP contribution in [0.4, 0.5) is 0 Å². The van der Waals surface area contributed by atoms with Gasteiger partial charge in [-0.15, -0.1) is 12.3 Å². The van der Waals surface area contributed by atoms with Gasteiger partial charge in [-0.25, -0.2) is 0 Å². The van der Waals surface area contributed by atoms with E-state index in [1.54, 1.807) is 0 Å². The molecule has 0 nitrogen and oxygen atoms in total. The summed E-state index contributed by atoms with van der Waals surface area (Å²) in [6.45, 7) is 0. The van der Waals surface area contributed by atoms with Crippen LogP contribution < -0.4 is 0 Å². The molecule has 0 rings (SSSR count). The summed E-state index contributed by atoms with van der Waals surface area (Å²) in [7, 11) is 0. The van der Waals surface area contributed by atoms with Crippen molar-refractivity contribution in [1.29, 1.82) is 0 Å². The van der Waals surface area contributed by atoms with Crippen LogP contribution in [0.15, 0.2) is 0 Å². The third kappa shape index (κ3) is 6.04. The zero-order valence-corrected chi connectivity index (χ0v) is 6.58. The van der Waals surface area contributed by atoms with Gasteiger partial charge in [-0.3, -0.25) is 0 Å². The lowest BCUT2D eigenvalue weighted by molar-refractivity contribution is 0.745. The lowest BCUT2D eigenvalue weighted by atomic mass is 10.2. The molecule has 0 N–H and O–H groups in total. The van der Waals surface area contributed by atoms with E-state index in [0.717, 1.165) is 11.8 Å². The summed E-state index contributed by atoms with van der Waals surface area (Å²) in [4.78, 5) is 0. The fourth-order valence-corrected chi connectivity index (χ4v) is 0.895. The van der Waals surface area contributed by atoms with Crippen molar-refractivity contribution in [2.45, 2.75) is 25.7 Å².